The summed E-state index contributed by atoms with van der Waals surface area (Å²) in [5.74, 6) is 0. The Morgan fingerprint density at radius 2 is 1.03 bits per heavy atom. The Hall–Kier alpha value is 1.24. The maximum Gasteiger partial charge on any atom is 0.636 e. The molecule has 0 saturated carbocycles. The molecule has 0 aliphatic carbocycles. The Bertz CT molecular complexity index is 435. The predicted octanol–water partition coefficient (Wildman–Crippen LogP) is 4.34. The Morgan fingerprint density at radius 1 is 0.600 bits per heavy atom. The van der Waals surface area contributed by atoms with Gasteiger partial charge >= 0.3 is 17.9 Å². The smallest absolute Gasteiger partial charge is 0.416 e. The van der Waals surface area contributed by atoms with E-state index in [1.54, 1.807) is 0 Å². The van der Waals surface area contributed by atoms with E-state index in [1.165, 1.54) is 0 Å². The fraction of sp³-hybridized carbons (Fsp3) is 1.00. The molecule has 0 unspecified atom stereocenters. The van der Waals surface area contributed by atoms with Gasteiger partial charge in [-0.05, 0) is 71.8 Å². The SMILES string of the molecule is CCC[Si](C)(C)O[Si](CC[Si](C)(C)O[Si](O[Si]C)(O[Si]C)O[Si]C)(OCC)OCC. The molecule has 6 radical (unpaired) electrons. The van der Waals surface area contributed by atoms with Gasteiger partial charge in [-0.2, -0.15) is 0 Å². The van der Waals surface area contributed by atoms with Gasteiger partial charge in [0.2, 0.25) is 29.3 Å². The molecule has 0 spiro atoms. The predicted molar refractivity (Wildman–Crippen MR) is 135 cm³/mol. The van der Waals surface area contributed by atoms with Gasteiger partial charge in [-0.15, -0.1) is 0 Å². The molecule has 0 aliphatic rings. The highest BCUT2D eigenvalue weighted by molar-refractivity contribution is 6.84. The molecule has 0 aromatic heterocycles. The molecule has 0 heterocycles. The molecule has 0 aromatic rings. The van der Waals surface area contributed by atoms with Crippen molar-refractivity contribution in [3.63, 3.8) is 0 Å². The van der Waals surface area contributed by atoms with Crippen LogP contribution in [0.5, 0.6) is 0 Å². The highest BCUT2D eigenvalue weighted by Crippen LogP contribution is 2.31. The standard InChI is InChI=1S/C16H42O7Si7/c1-11-14-27(7,8)22-29(17-12-2,18-13-3)16-15-28(9,10)23-30(19-24-4,20-25-5)21-26-6/h11-16H2,1-10H3. The third kappa shape index (κ3) is 11.9. The lowest BCUT2D eigenvalue weighted by Crippen LogP contribution is -2.58. The van der Waals surface area contributed by atoms with Gasteiger partial charge in [-0.1, -0.05) is 13.3 Å². The van der Waals surface area contributed by atoms with Crippen LogP contribution in [0.15, 0.2) is 0 Å². The van der Waals surface area contributed by atoms with Gasteiger partial charge in [-0.25, -0.2) is 0 Å². The highest BCUT2D eigenvalue weighted by atomic mass is 28.5. The molecule has 0 aliphatic heterocycles. The molecule has 30 heavy (non-hydrogen) atoms. The number of hydrogen-bond acceptors (Lipinski definition) is 7. The summed E-state index contributed by atoms with van der Waals surface area (Å²) in [6, 6.07) is 2.68. The van der Waals surface area contributed by atoms with E-state index in [9.17, 15) is 0 Å². The van der Waals surface area contributed by atoms with Crippen LogP contribution in [0.4, 0.5) is 0 Å². The quantitative estimate of drug-likeness (QED) is 0.225. The lowest BCUT2D eigenvalue weighted by Gasteiger charge is -2.39. The molecule has 176 valence electrons. The van der Waals surface area contributed by atoms with Crippen molar-refractivity contribution in [2.75, 3.05) is 13.2 Å². The van der Waals surface area contributed by atoms with E-state index in [0.29, 0.717) is 13.2 Å². The van der Waals surface area contributed by atoms with Crippen molar-refractivity contribution in [2.24, 2.45) is 0 Å². The van der Waals surface area contributed by atoms with Gasteiger partial charge in [0, 0.05) is 19.3 Å². The van der Waals surface area contributed by atoms with Gasteiger partial charge in [0.15, 0.2) is 16.6 Å². The van der Waals surface area contributed by atoms with Crippen molar-refractivity contribution in [2.45, 2.75) is 91.2 Å². The second-order valence-corrected chi connectivity index (χ2v) is 24.7. The van der Waals surface area contributed by atoms with Crippen molar-refractivity contribution < 1.29 is 29.4 Å². The zero-order valence-corrected chi connectivity index (χ0v) is 27.6. The molecular formula is C16H42O7Si7. The third-order valence-corrected chi connectivity index (χ3v) is 22.2. The van der Waals surface area contributed by atoms with Crippen molar-refractivity contribution in [1.82, 2.24) is 0 Å². The molecule has 0 saturated heterocycles. The molecular weight excluding hydrogens is 501 g/mol. The second kappa shape index (κ2) is 15.2. The first kappa shape index (κ1) is 31.2. The minimum Gasteiger partial charge on any atom is -0.416 e. The normalized spacial score (nSPS) is 13.8. The molecule has 0 atom stereocenters. The van der Waals surface area contributed by atoms with Gasteiger partial charge in [0.05, 0.1) is 0 Å². The average molecular weight is 543 g/mol. The maximum absolute atomic E-state index is 6.74. The first-order valence-electron chi connectivity index (χ1n) is 10.7. The Morgan fingerprint density at radius 3 is 1.40 bits per heavy atom. The van der Waals surface area contributed by atoms with Crippen molar-refractivity contribution in [3.8, 4) is 0 Å². The minimum atomic E-state index is -3.12. The van der Waals surface area contributed by atoms with Crippen LogP contribution in [-0.2, 0) is 29.4 Å². The summed E-state index contributed by atoms with van der Waals surface area (Å²) in [7, 11) is -9.22. The number of rotatable bonds is 19. The van der Waals surface area contributed by atoms with Gasteiger partial charge < -0.3 is 29.4 Å². The van der Waals surface area contributed by atoms with Gasteiger partial charge in [0.25, 0.3) is 0 Å². The van der Waals surface area contributed by atoms with Crippen LogP contribution in [0, 0.1) is 0 Å². The van der Waals surface area contributed by atoms with E-state index in [4.69, 9.17) is 29.4 Å². The molecule has 0 N–H and O–H groups in total. The van der Waals surface area contributed by atoms with Crippen molar-refractivity contribution in [1.29, 1.82) is 0 Å². The molecule has 0 amide bonds. The summed E-state index contributed by atoms with van der Waals surface area (Å²) in [5, 5.41) is 0. The molecule has 0 rings (SSSR count). The lowest BCUT2D eigenvalue weighted by molar-refractivity contribution is 0.114. The van der Waals surface area contributed by atoms with Crippen molar-refractivity contribution >= 4 is 63.8 Å². The summed E-state index contributed by atoms with van der Waals surface area (Å²) in [4.78, 5) is 0. The highest BCUT2D eigenvalue weighted by Gasteiger charge is 2.51. The van der Waals surface area contributed by atoms with Gasteiger partial charge in [0.1, 0.15) is 0 Å². The first-order valence-corrected chi connectivity index (χ1v) is 24.7. The van der Waals surface area contributed by atoms with E-state index in [1.807, 2.05) is 33.5 Å². The topological polar surface area (TPSA) is 64.6 Å². The Kier molecular flexibility index (Phi) is 15.8. The first-order chi connectivity index (χ1) is 14.0. The number of hydrogen-bond donors (Lipinski definition) is 0. The van der Waals surface area contributed by atoms with Crippen LogP contribution in [0.1, 0.15) is 27.2 Å². The summed E-state index contributed by atoms with van der Waals surface area (Å²) < 4.78 is 43.7. The van der Waals surface area contributed by atoms with Gasteiger partial charge in [-0.3, -0.25) is 0 Å². The molecule has 7 nitrogen and oxygen atoms in total. The van der Waals surface area contributed by atoms with Crippen LogP contribution in [0.2, 0.25) is 64.0 Å². The van der Waals surface area contributed by atoms with Crippen LogP contribution >= 0.6 is 0 Å². The third-order valence-electron chi connectivity index (χ3n) is 4.13. The Labute approximate surface area is 197 Å². The van der Waals surface area contributed by atoms with Crippen LogP contribution in [-0.4, -0.2) is 77.0 Å². The lowest BCUT2D eigenvalue weighted by atomic mass is 10.6. The van der Waals surface area contributed by atoms with E-state index in [-0.39, 0.29) is 29.3 Å². The second-order valence-electron chi connectivity index (χ2n) is 7.94. The molecule has 0 fully saturated rings. The summed E-state index contributed by atoms with van der Waals surface area (Å²) >= 11 is 0. The van der Waals surface area contributed by atoms with Crippen LogP contribution in [0.3, 0.4) is 0 Å². The fourth-order valence-electron chi connectivity index (χ4n) is 3.15. The fourth-order valence-corrected chi connectivity index (χ4v) is 23.3. The summed E-state index contributed by atoms with van der Waals surface area (Å²) in [5.41, 5.74) is 0. The molecule has 14 heteroatoms. The maximum atomic E-state index is 6.74. The van der Waals surface area contributed by atoms with E-state index < -0.39 is 34.5 Å². The van der Waals surface area contributed by atoms with Crippen molar-refractivity contribution in [3.05, 3.63) is 0 Å². The average Bonchev–Trinajstić information content (AvgIpc) is 2.60. The summed E-state index contributed by atoms with van der Waals surface area (Å²) in [6.07, 6.45) is 1.11. The zero-order valence-electron chi connectivity index (χ0n) is 20.6. The Balaban J connectivity index is 5.53. The van der Waals surface area contributed by atoms with E-state index in [0.717, 1.165) is 24.6 Å². The van der Waals surface area contributed by atoms with E-state index in [2.05, 4.69) is 33.1 Å². The minimum absolute atomic E-state index is 0.256. The summed E-state index contributed by atoms with van der Waals surface area (Å²) in [6.45, 7) is 22.2. The zero-order chi connectivity index (χ0) is 23.3. The van der Waals surface area contributed by atoms with Crippen LogP contribution in [0.25, 0.3) is 0 Å². The molecule has 0 aromatic carbocycles. The largest absolute Gasteiger partial charge is 0.636 e. The monoisotopic (exact) mass is 542 g/mol. The van der Waals surface area contributed by atoms with Crippen LogP contribution < -0.4 is 0 Å². The van der Waals surface area contributed by atoms with E-state index >= 15 is 0 Å². The molecule has 0 bridgehead atoms.